The second kappa shape index (κ2) is 11.5. The molecular weight excluding hydrogens is 402 g/mol. The van der Waals surface area contributed by atoms with Gasteiger partial charge >= 0.3 is 12.2 Å². The van der Waals surface area contributed by atoms with Crippen molar-refractivity contribution in [1.29, 1.82) is 0 Å². The van der Waals surface area contributed by atoms with E-state index in [1.165, 1.54) is 4.90 Å². The van der Waals surface area contributed by atoms with Crippen LogP contribution in [0.15, 0.2) is 30.3 Å². The summed E-state index contributed by atoms with van der Waals surface area (Å²) in [6.07, 6.45) is -0.308. The molecule has 1 unspecified atom stereocenters. The van der Waals surface area contributed by atoms with E-state index in [0.29, 0.717) is 26.1 Å². The zero-order valence-electron chi connectivity index (χ0n) is 18.5. The molecule has 1 atom stereocenters. The lowest BCUT2D eigenvalue weighted by molar-refractivity contribution is -0.137. The molecule has 1 fully saturated rings. The van der Waals surface area contributed by atoms with Crippen LogP contribution in [0, 0.1) is 0 Å². The van der Waals surface area contributed by atoms with Gasteiger partial charge in [0.25, 0.3) is 0 Å². The standard InChI is InChI=1S/C22H33N3O6/c1-22(2,3)31-21(29)24-12-13-25(18(14-24)15-26)19(27)10-7-11-23-20(28)30-16-17-8-5-4-6-9-17/h4-6,8-9,18,26H,7,10-16H2,1-3H3,(H,23,28). The normalized spacial score (nSPS) is 16.6. The zero-order chi connectivity index (χ0) is 22.9. The molecule has 0 radical (unpaired) electrons. The molecule has 1 aromatic carbocycles. The van der Waals surface area contributed by atoms with Crippen LogP contribution < -0.4 is 5.32 Å². The Balaban J connectivity index is 1.69. The van der Waals surface area contributed by atoms with E-state index in [4.69, 9.17) is 9.47 Å². The minimum absolute atomic E-state index is 0.123. The average Bonchev–Trinajstić information content (AvgIpc) is 2.74. The Labute approximate surface area is 183 Å². The van der Waals surface area contributed by atoms with Gasteiger partial charge in [-0.15, -0.1) is 0 Å². The van der Waals surface area contributed by atoms with E-state index in [9.17, 15) is 19.5 Å². The van der Waals surface area contributed by atoms with Gasteiger partial charge in [0, 0.05) is 32.6 Å². The Morgan fingerprint density at radius 1 is 1.16 bits per heavy atom. The van der Waals surface area contributed by atoms with Crippen LogP contribution >= 0.6 is 0 Å². The van der Waals surface area contributed by atoms with Crippen molar-refractivity contribution in [2.45, 2.75) is 51.9 Å². The van der Waals surface area contributed by atoms with Gasteiger partial charge in [0.05, 0.1) is 12.6 Å². The first kappa shape index (κ1) is 24.5. The molecule has 31 heavy (non-hydrogen) atoms. The summed E-state index contributed by atoms with van der Waals surface area (Å²) in [7, 11) is 0. The summed E-state index contributed by atoms with van der Waals surface area (Å²) in [5, 5.41) is 12.3. The SMILES string of the molecule is CC(C)(C)OC(=O)N1CCN(C(=O)CCCNC(=O)OCc2ccccc2)C(CO)C1. The van der Waals surface area contributed by atoms with Gasteiger partial charge < -0.3 is 29.7 Å². The number of benzene rings is 1. The number of piperazine rings is 1. The number of hydrogen-bond acceptors (Lipinski definition) is 6. The summed E-state index contributed by atoms with van der Waals surface area (Å²) in [5.74, 6) is -0.123. The molecule has 1 aliphatic heterocycles. The van der Waals surface area contributed by atoms with Crippen LogP contribution in [0.5, 0.6) is 0 Å². The minimum Gasteiger partial charge on any atom is -0.445 e. The average molecular weight is 436 g/mol. The molecule has 0 spiro atoms. The number of aliphatic hydroxyl groups excluding tert-OH is 1. The number of hydrogen-bond donors (Lipinski definition) is 2. The smallest absolute Gasteiger partial charge is 0.410 e. The zero-order valence-corrected chi connectivity index (χ0v) is 18.5. The van der Waals surface area contributed by atoms with E-state index in [1.807, 2.05) is 30.3 Å². The molecule has 0 aromatic heterocycles. The second-order valence-electron chi connectivity index (χ2n) is 8.44. The highest BCUT2D eigenvalue weighted by molar-refractivity contribution is 5.77. The Morgan fingerprint density at radius 2 is 1.87 bits per heavy atom. The largest absolute Gasteiger partial charge is 0.445 e. The summed E-state index contributed by atoms with van der Waals surface area (Å²) in [4.78, 5) is 39.7. The van der Waals surface area contributed by atoms with E-state index in [2.05, 4.69) is 5.32 Å². The van der Waals surface area contributed by atoms with E-state index in [1.54, 1.807) is 25.7 Å². The van der Waals surface area contributed by atoms with Crippen molar-refractivity contribution in [3.8, 4) is 0 Å². The lowest BCUT2D eigenvalue weighted by Gasteiger charge is -2.41. The third kappa shape index (κ3) is 8.45. The van der Waals surface area contributed by atoms with Gasteiger partial charge in [0.1, 0.15) is 12.2 Å². The fourth-order valence-corrected chi connectivity index (χ4v) is 3.18. The van der Waals surface area contributed by atoms with Crippen LogP contribution in [0.1, 0.15) is 39.2 Å². The maximum absolute atomic E-state index is 12.6. The number of amides is 3. The number of nitrogens with one attached hydrogen (secondary N) is 1. The highest BCUT2D eigenvalue weighted by Crippen LogP contribution is 2.16. The Bertz CT molecular complexity index is 735. The topological polar surface area (TPSA) is 108 Å². The molecule has 1 aliphatic rings. The van der Waals surface area contributed by atoms with Crippen molar-refractivity contribution >= 4 is 18.1 Å². The number of alkyl carbamates (subject to hydrolysis) is 1. The van der Waals surface area contributed by atoms with E-state index >= 15 is 0 Å². The molecule has 172 valence electrons. The predicted octanol–water partition coefficient (Wildman–Crippen LogP) is 2.13. The van der Waals surface area contributed by atoms with E-state index < -0.39 is 23.8 Å². The third-order valence-electron chi connectivity index (χ3n) is 4.72. The van der Waals surface area contributed by atoms with Gasteiger partial charge in [0.15, 0.2) is 0 Å². The summed E-state index contributed by atoms with van der Waals surface area (Å²) in [5.41, 5.74) is 0.293. The number of carbonyl (C=O) groups is 3. The first-order chi connectivity index (χ1) is 14.7. The second-order valence-corrected chi connectivity index (χ2v) is 8.44. The van der Waals surface area contributed by atoms with Gasteiger partial charge in [0.2, 0.25) is 5.91 Å². The number of nitrogens with zero attached hydrogens (tertiary/aromatic N) is 2. The minimum atomic E-state index is -0.603. The maximum atomic E-state index is 12.6. The van der Waals surface area contributed by atoms with E-state index in [-0.39, 0.29) is 32.1 Å². The van der Waals surface area contributed by atoms with Gasteiger partial charge in [-0.2, -0.15) is 0 Å². The summed E-state index contributed by atoms with van der Waals surface area (Å²) >= 11 is 0. The lowest BCUT2D eigenvalue weighted by Crippen LogP contribution is -2.58. The molecule has 9 heteroatoms. The van der Waals surface area contributed by atoms with Crippen molar-refractivity contribution in [3.63, 3.8) is 0 Å². The van der Waals surface area contributed by atoms with Gasteiger partial charge in [-0.1, -0.05) is 30.3 Å². The molecule has 0 aliphatic carbocycles. The number of carbonyl (C=O) groups excluding carboxylic acids is 3. The molecule has 1 heterocycles. The highest BCUT2D eigenvalue weighted by atomic mass is 16.6. The lowest BCUT2D eigenvalue weighted by atomic mass is 10.1. The van der Waals surface area contributed by atoms with Gasteiger partial charge in [-0.05, 0) is 32.8 Å². The Morgan fingerprint density at radius 3 is 2.52 bits per heavy atom. The summed E-state index contributed by atoms with van der Waals surface area (Å²) in [6.45, 7) is 6.53. The van der Waals surface area contributed by atoms with Crippen LogP contribution in [-0.4, -0.2) is 77.4 Å². The molecule has 0 saturated carbocycles. The molecule has 3 amide bonds. The molecule has 1 aromatic rings. The molecule has 2 N–H and O–H groups in total. The van der Waals surface area contributed by atoms with E-state index in [0.717, 1.165) is 5.56 Å². The van der Waals surface area contributed by atoms with Gasteiger partial charge in [-0.25, -0.2) is 9.59 Å². The fraction of sp³-hybridized carbons (Fsp3) is 0.591. The molecule has 0 bridgehead atoms. The Kier molecular flexibility index (Phi) is 9.11. The van der Waals surface area contributed by atoms with Crippen LogP contribution in [0.3, 0.4) is 0 Å². The van der Waals surface area contributed by atoms with Crippen molar-refractivity contribution in [2.75, 3.05) is 32.8 Å². The van der Waals surface area contributed by atoms with Crippen LogP contribution in [-0.2, 0) is 20.9 Å². The maximum Gasteiger partial charge on any atom is 0.410 e. The predicted molar refractivity (Wildman–Crippen MR) is 114 cm³/mol. The third-order valence-corrected chi connectivity index (χ3v) is 4.72. The monoisotopic (exact) mass is 435 g/mol. The summed E-state index contributed by atoms with van der Waals surface area (Å²) < 4.78 is 10.5. The van der Waals surface area contributed by atoms with Crippen molar-refractivity contribution in [3.05, 3.63) is 35.9 Å². The molecular formula is C22H33N3O6. The number of aliphatic hydroxyl groups is 1. The number of ether oxygens (including phenoxy) is 2. The molecule has 2 rings (SSSR count). The molecule has 1 saturated heterocycles. The van der Waals surface area contributed by atoms with Crippen molar-refractivity contribution in [1.82, 2.24) is 15.1 Å². The highest BCUT2D eigenvalue weighted by Gasteiger charge is 2.33. The van der Waals surface area contributed by atoms with Crippen LogP contribution in [0.2, 0.25) is 0 Å². The molecule has 9 nitrogen and oxygen atoms in total. The van der Waals surface area contributed by atoms with Crippen LogP contribution in [0.25, 0.3) is 0 Å². The first-order valence-electron chi connectivity index (χ1n) is 10.5. The Hall–Kier alpha value is -2.81. The van der Waals surface area contributed by atoms with Crippen LogP contribution in [0.4, 0.5) is 9.59 Å². The number of rotatable bonds is 7. The summed E-state index contributed by atoms with van der Waals surface area (Å²) in [6, 6.07) is 8.89. The first-order valence-corrected chi connectivity index (χ1v) is 10.5. The fourth-order valence-electron chi connectivity index (χ4n) is 3.18. The van der Waals surface area contributed by atoms with Crippen molar-refractivity contribution in [2.24, 2.45) is 0 Å². The quantitative estimate of drug-likeness (QED) is 0.635. The van der Waals surface area contributed by atoms with Gasteiger partial charge in [-0.3, -0.25) is 4.79 Å². The van der Waals surface area contributed by atoms with Crippen molar-refractivity contribution < 1.29 is 29.0 Å².